The second-order valence-corrected chi connectivity index (χ2v) is 6.42. The molecule has 25 heavy (non-hydrogen) atoms. The number of primary amides is 1. The van der Waals surface area contributed by atoms with Crippen LogP contribution < -0.4 is 9.92 Å². The third kappa shape index (κ3) is 4.66. The van der Waals surface area contributed by atoms with Gasteiger partial charge in [-0.25, -0.2) is 0 Å². The van der Waals surface area contributed by atoms with E-state index in [1.54, 1.807) is 12.1 Å². The summed E-state index contributed by atoms with van der Waals surface area (Å²) < 4.78 is 64.1. The van der Waals surface area contributed by atoms with Gasteiger partial charge in [-0.15, -0.1) is 0 Å². The van der Waals surface area contributed by atoms with E-state index in [9.17, 15) is 26.4 Å². The predicted octanol–water partition coefficient (Wildman–Crippen LogP) is 1.79. The minimum atomic E-state index is -5.83. The summed E-state index contributed by atoms with van der Waals surface area (Å²) in [5.74, 6) is -1.24. The number of aryl methyl sites for hydroxylation is 1. The molecule has 1 aromatic heterocycles. The molecule has 1 aromatic carbocycles. The molecule has 0 aliphatic carbocycles. The molecule has 0 fully saturated rings. The van der Waals surface area contributed by atoms with Crippen LogP contribution in [-0.2, 0) is 21.3 Å². The molecule has 2 N–H and O–H groups in total. The van der Waals surface area contributed by atoms with E-state index in [0.29, 0.717) is 11.3 Å². The van der Waals surface area contributed by atoms with E-state index in [1.807, 2.05) is 0 Å². The fraction of sp³-hybridized carbons (Fsp3) is 0.214. The second kappa shape index (κ2) is 7.05. The molecule has 0 saturated heterocycles. The van der Waals surface area contributed by atoms with Crippen LogP contribution in [0.2, 0.25) is 0 Å². The smallest absolute Gasteiger partial charge is 0.376 e. The Morgan fingerprint density at radius 3 is 2.52 bits per heavy atom. The first kappa shape index (κ1) is 18.6. The van der Waals surface area contributed by atoms with Crippen molar-refractivity contribution in [2.75, 3.05) is 0 Å². The second-order valence-electron chi connectivity index (χ2n) is 4.88. The number of halogens is 3. The first-order valence-electron chi connectivity index (χ1n) is 6.80. The van der Waals surface area contributed by atoms with E-state index in [-0.39, 0.29) is 18.4 Å². The van der Waals surface area contributed by atoms with Crippen LogP contribution in [-0.4, -0.2) is 30.0 Å². The number of aromatic nitrogens is 2. The van der Waals surface area contributed by atoms with Gasteiger partial charge in [0.1, 0.15) is 5.75 Å². The summed E-state index contributed by atoms with van der Waals surface area (Å²) in [6.07, 6.45) is 1.13. The highest BCUT2D eigenvalue weighted by molar-refractivity contribution is 7.88. The normalized spacial score (nSPS) is 12.0. The number of carbonyl (C=O) groups excluding carboxylic acids is 1. The summed E-state index contributed by atoms with van der Waals surface area (Å²) in [7, 11) is -5.83. The zero-order chi connectivity index (χ0) is 18.7. The van der Waals surface area contributed by atoms with Crippen LogP contribution in [0, 0.1) is 0 Å². The van der Waals surface area contributed by atoms with E-state index < -0.39 is 27.3 Å². The zero-order valence-electron chi connectivity index (χ0n) is 12.5. The van der Waals surface area contributed by atoms with Gasteiger partial charge in [-0.05, 0) is 42.3 Å². The van der Waals surface area contributed by atoms with Crippen LogP contribution in [0.4, 0.5) is 13.2 Å². The summed E-state index contributed by atoms with van der Waals surface area (Å²) in [5, 5.41) is 7.53. The summed E-state index contributed by atoms with van der Waals surface area (Å²) >= 11 is 0. The maximum atomic E-state index is 12.5. The molecule has 0 unspecified atom stereocenters. The molecule has 0 spiro atoms. The van der Waals surface area contributed by atoms with E-state index in [2.05, 4.69) is 14.4 Å². The van der Waals surface area contributed by atoms with Gasteiger partial charge < -0.3 is 9.92 Å². The number of carbonyl (C=O) groups is 1. The number of alkyl halides is 3. The van der Waals surface area contributed by atoms with Gasteiger partial charge in [0.15, 0.2) is 0 Å². The summed E-state index contributed by atoms with van der Waals surface area (Å²) in [5.41, 5.74) is 0.401. The summed E-state index contributed by atoms with van der Waals surface area (Å²) in [4.78, 5) is 10.9. The molecule has 0 atom stereocenters. The number of hydrogen-bond donors (Lipinski definition) is 1. The van der Waals surface area contributed by atoms with Crippen molar-refractivity contribution < 1.29 is 30.6 Å². The lowest BCUT2D eigenvalue weighted by atomic mass is 10.0. The molecule has 1 heterocycles. The van der Waals surface area contributed by atoms with E-state index in [4.69, 9.17) is 5.73 Å². The van der Waals surface area contributed by atoms with Gasteiger partial charge in [-0.1, -0.05) is 0 Å². The Morgan fingerprint density at radius 1 is 1.24 bits per heavy atom. The van der Waals surface area contributed by atoms with Crippen LogP contribution >= 0.6 is 0 Å². The van der Waals surface area contributed by atoms with Crippen molar-refractivity contribution >= 4 is 16.0 Å². The van der Waals surface area contributed by atoms with E-state index >= 15 is 0 Å². The number of rotatable bonds is 6. The van der Waals surface area contributed by atoms with Crippen molar-refractivity contribution in [3.05, 3.63) is 42.1 Å². The fourth-order valence-corrected chi connectivity index (χ4v) is 2.39. The molecule has 0 bridgehead atoms. The number of hydrogen-bond acceptors (Lipinski definition) is 6. The zero-order valence-corrected chi connectivity index (χ0v) is 13.3. The topological polar surface area (TPSA) is 112 Å². The third-order valence-corrected chi connectivity index (χ3v) is 4.02. The molecule has 0 aliphatic heterocycles. The number of nitrogens with two attached hydrogens (primary N) is 1. The first-order chi connectivity index (χ1) is 11.6. The highest BCUT2D eigenvalue weighted by Crippen LogP contribution is 2.31. The van der Waals surface area contributed by atoms with Crippen LogP contribution in [0.5, 0.6) is 5.75 Å². The van der Waals surface area contributed by atoms with Gasteiger partial charge >= 0.3 is 15.6 Å². The number of nitrogens with zero attached hydrogens (tertiary/aromatic N) is 2. The molecule has 0 saturated carbocycles. The summed E-state index contributed by atoms with van der Waals surface area (Å²) in [6, 6.07) is 6.97. The standard InChI is InChI=1S/C14H12F3N3O4S/c15-14(16,17)25(22,23)24-12-5-3-9(11-2-1-7-19-20-11)8-10(12)4-6-13(18)21/h1-3,5,7-8H,4,6H2,(H2,18,21). The van der Waals surface area contributed by atoms with Crippen LogP contribution in [0.25, 0.3) is 11.3 Å². The third-order valence-electron chi connectivity index (χ3n) is 3.05. The van der Waals surface area contributed by atoms with Gasteiger partial charge in [-0.2, -0.15) is 31.8 Å². The largest absolute Gasteiger partial charge is 0.534 e. The monoisotopic (exact) mass is 375 g/mol. The highest BCUT2D eigenvalue weighted by Gasteiger charge is 2.48. The van der Waals surface area contributed by atoms with Crippen molar-refractivity contribution in [3.63, 3.8) is 0 Å². The summed E-state index contributed by atoms with van der Waals surface area (Å²) in [6.45, 7) is 0. The fourth-order valence-electron chi connectivity index (χ4n) is 1.89. The van der Waals surface area contributed by atoms with Crippen molar-refractivity contribution in [1.29, 1.82) is 0 Å². The molecule has 134 valence electrons. The molecule has 2 aromatic rings. The van der Waals surface area contributed by atoms with Crippen molar-refractivity contribution in [3.8, 4) is 17.0 Å². The molecule has 7 nitrogen and oxygen atoms in total. The Morgan fingerprint density at radius 2 is 1.96 bits per heavy atom. The Hall–Kier alpha value is -2.69. The van der Waals surface area contributed by atoms with Gasteiger partial charge in [-0.3, -0.25) is 4.79 Å². The number of amides is 1. The molecule has 1 amide bonds. The first-order valence-corrected chi connectivity index (χ1v) is 8.21. The maximum Gasteiger partial charge on any atom is 0.534 e. The van der Waals surface area contributed by atoms with E-state index in [0.717, 1.165) is 6.07 Å². The lowest BCUT2D eigenvalue weighted by molar-refractivity contribution is -0.118. The highest BCUT2D eigenvalue weighted by atomic mass is 32.2. The quantitative estimate of drug-likeness (QED) is 0.608. The average Bonchev–Trinajstić information content (AvgIpc) is 2.53. The van der Waals surface area contributed by atoms with Crippen LogP contribution in [0.3, 0.4) is 0 Å². The average molecular weight is 375 g/mol. The van der Waals surface area contributed by atoms with Crippen LogP contribution in [0.15, 0.2) is 36.5 Å². The lowest BCUT2D eigenvalue weighted by Gasteiger charge is -2.14. The Bertz CT molecular complexity index is 871. The van der Waals surface area contributed by atoms with Crippen LogP contribution in [0.1, 0.15) is 12.0 Å². The molecular weight excluding hydrogens is 363 g/mol. The lowest BCUT2D eigenvalue weighted by Crippen LogP contribution is -2.28. The maximum absolute atomic E-state index is 12.5. The van der Waals surface area contributed by atoms with Gasteiger partial charge in [0.25, 0.3) is 0 Å². The Balaban J connectivity index is 2.43. The molecule has 0 radical (unpaired) electrons. The Kier molecular flexibility index (Phi) is 5.26. The van der Waals surface area contributed by atoms with Crippen molar-refractivity contribution in [2.45, 2.75) is 18.3 Å². The minimum absolute atomic E-state index is 0.0646. The predicted molar refractivity (Wildman–Crippen MR) is 80.6 cm³/mol. The SMILES string of the molecule is NC(=O)CCc1cc(-c2cccnn2)ccc1OS(=O)(=O)C(F)(F)F. The molecule has 0 aliphatic rings. The molecular formula is C14H12F3N3O4S. The van der Waals surface area contributed by atoms with Gasteiger partial charge in [0, 0.05) is 18.2 Å². The van der Waals surface area contributed by atoms with Gasteiger partial charge in [0.2, 0.25) is 5.91 Å². The Labute approximate surface area is 140 Å². The van der Waals surface area contributed by atoms with Crippen molar-refractivity contribution in [1.82, 2.24) is 10.2 Å². The number of benzene rings is 1. The molecule has 2 rings (SSSR count). The van der Waals surface area contributed by atoms with E-state index in [1.165, 1.54) is 18.3 Å². The minimum Gasteiger partial charge on any atom is -0.376 e. The van der Waals surface area contributed by atoms with Gasteiger partial charge in [0.05, 0.1) is 5.69 Å². The van der Waals surface area contributed by atoms with Crippen molar-refractivity contribution in [2.24, 2.45) is 5.73 Å². The molecule has 11 heteroatoms.